The molecule has 5 heteroatoms. The standard InChI is InChI=1S/C16H15NO4/c1-10-9-12(7-8-13(10)16(20)21)17-15(19)14(18)11-5-3-2-4-6-11/h2-9,14,18H,1H3,(H,17,19)(H,20,21). The summed E-state index contributed by atoms with van der Waals surface area (Å²) in [6, 6.07) is 13.0. The lowest BCUT2D eigenvalue weighted by Gasteiger charge is -2.12. The van der Waals surface area contributed by atoms with Crippen molar-refractivity contribution < 1.29 is 19.8 Å². The molecule has 0 aromatic heterocycles. The number of hydrogen-bond acceptors (Lipinski definition) is 3. The van der Waals surface area contributed by atoms with E-state index in [9.17, 15) is 14.7 Å². The minimum Gasteiger partial charge on any atom is -0.478 e. The third kappa shape index (κ3) is 3.46. The van der Waals surface area contributed by atoms with Gasteiger partial charge in [0.25, 0.3) is 5.91 Å². The predicted octanol–water partition coefficient (Wildman–Crippen LogP) is 2.37. The van der Waals surface area contributed by atoms with Crippen molar-refractivity contribution >= 4 is 17.6 Å². The Kier molecular flexibility index (Phi) is 4.35. The van der Waals surface area contributed by atoms with Crippen molar-refractivity contribution in [3.8, 4) is 0 Å². The Morgan fingerprint density at radius 3 is 2.33 bits per heavy atom. The average molecular weight is 285 g/mol. The van der Waals surface area contributed by atoms with Gasteiger partial charge in [0.2, 0.25) is 0 Å². The lowest BCUT2D eigenvalue weighted by Crippen LogP contribution is -2.20. The van der Waals surface area contributed by atoms with E-state index in [-0.39, 0.29) is 5.56 Å². The molecular weight excluding hydrogens is 270 g/mol. The molecule has 108 valence electrons. The first kappa shape index (κ1) is 14.7. The number of carboxylic acids is 1. The number of aliphatic hydroxyl groups excluding tert-OH is 1. The highest BCUT2D eigenvalue weighted by atomic mass is 16.4. The minimum absolute atomic E-state index is 0.177. The molecular formula is C16H15NO4. The van der Waals surface area contributed by atoms with Crippen molar-refractivity contribution in [3.63, 3.8) is 0 Å². The lowest BCUT2D eigenvalue weighted by atomic mass is 10.1. The highest BCUT2D eigenvalue weighted by Gasteiger charge is 2.17. The Bertz CT molecular complexity index is 667. The highest BCUT2D eigenvalue weighted by molar-refractivity contribution is 5.96. The van der Waals surface area contributed by atoms with Crippen molar-refractivity contribution in [3.05, 3.63) is 65.2 Å². The van der Waals surface area contributed by atoms with Crippen LogP contribution in [0.15, 0.2) is 48.5 Å². The Balaban J connectivity index is 2.13. The zero-order chi connectivity index (χ0) is 15.4. The van der Waals surface area contributed by atoms with E-state index >= 15 is 0 Å². The fourth-order valence-corrected chi connectivity index (χ4v) is 1.98. The number of carbonyl (C=O) groups excluding carboxylic acids is 1. The van der Waals surface area contributed by atoms with Crippen molar-refractivity contribution in [1.82, 2.24) is 0 Å². The van der Waals surface area contributed by atoms with Crippen molar-refractivity contribution in [1.29, 1.82) is 0 Å². The Labute approximate surface area is 121 Å². The number of benzene rings is 2. The van der Waals surface area contributed by atoms with E-state index in [0.29, 0.717) is 16.8 Å². The first-order chi connectivity index (χ1) is 9.99. The Morgan fingerprint density at radius 1 is 1.10 bits per heavy atom. The predicted molar refractivity (Wildman–Crippen MR) is 78.2 cm³/mol. The van der Waals surface area contributed by atoms with Gasteiger partial charge >= 0.3 is 5.97 Å². The van der Waals surface area contributed by atoms with Crippen LogP contribution in [0.1, 0.15) is 27.6 Å². The molecule has 2 rings (SSSR count). The molecule has 5 nitrogen and oxygen atoms in total. The van der Waals surface area contributed by atoms with E-state index in [1.165, 1.54) is 12.1 Å². The molecule has 3 N–H and O–H groups in total. The number of hydrogen-bond donors (Lipinski definition) is 3. The molecule has 0 fully saturated rings. The van der Waals surface area contributed by atoms with Gasteiger partial charge in [0.05, 0.1) is 5.56 Å². The van der Waals surface area contributed by atoms with Gasteiger partial charge in [-0.3, -0.25) is 4.79 Å². The van der Waals surface area contributed by atoms with Gasteiger partial charge in [-0.05, 0) is 36.2 Å². The third-order valence-corrected chi connectivity index (χ3v) is 3.09. The van der Waals surface area contributed by atoms with Crippen LogP contribution in [-0.2, 0) is 4.79 Å². The molecule has 1 atom stereocenters. The summed E-state index contributed by atoms with van der Waals surface area (Å²) in [4.78, 5) is 22.9. The molecule has 0 aliphatic heterocycles. The van der Waals surface area contributed by atoms with E-state index in [0.717, 1.165) is 0 Å². The van der Waals surface area contributed by atoms with E-state index < -0.39 is 18.0 Å². The number of aliphatic hydroxyl groups is 1. The maximum atomic E-state index is 12.0. The normalized spacial score (nSPS) is 11.7. The summed E-state index contributed by atoms with van der Waals surface area (Å²) in [5.74, 6) is -1.58. The fourth-order valence-electron chi connectivity index (χ4n) is 1.98. The molecule has 0 saturated carbocycles. The molecule has 0 saturated heterocycles. The summed E-state index contributed by atoms with van der Waals surface area (Å²) in [6.45, 7) is 1.65. The monoisotopic (exact) mass is 285 g/mol. The number of rotatable bonds is 4. The minimum atomic E-state index is -1.27. The van der Waals surface area contributed by atoms with Gasteiger partial charge in [0, 0.05) is 5.69 Å². The van der Waals surface area contributed by atoms with Crippen LogP contribution in [0.4, 0.5) is 5.69 Å². The van der Waals surface area contributed by atoms with Crippen LogP contribution < -0.4 is 5.32 Å². The number of anilines is 1. The molecule has 2 aromatic rings. The molecule has 0 radical (unpaired) electrons. The number of aryl methyl sites for hydroxylation is 1. The van der Waals surface area contributed by atoms with Gasteiger partial charge in [-0.2, -0.15) is 0 Å². The molecule has 1 amide bonds. The second kappa shape index (κ2) is 6.19. The van der Waals surface area contributed by atoms with Crippen LogP contribution in [0.3, 0.4) is 0 Å². The van der Waals surface area contributed by atoms with Gasteiger partial charge in [-0.25, -0.2) is 4.79 Å². The molecule has 0 spiro atoms. The molecule has 0 bridgehead atoms. The maximum absolute atomic E-state index is 12.0. The summed E-state index contributed by atoms with van der Waals surface area (Å²) in [6.07, 6.45) is -1.27. The number of carbonyl (C=O) groups is 2. The smallest absolute Gasteiger partial charge is 0.335 e. The second-order valence-corrected chi connectivity index (χ2v) is 4.64. The number of aromatic carboxylic acids is 1. The van der Waals surface area contributed by atoms with Gasteiger partial charge in [0.1, 0.15) is 0 Å². The SMILES string of the molecule is Cc1cc(NC(=O)C(O)c2ccccc2)ccc1C(=O)O. The number of nitrogens with one attached hydrogen (secondary N) is 1. The van der Waals surface area contributed by atoms with Crippen LogP contribution in [0.5, 0.6) is 0 Å². The van der Waals surface area contributed by atoms with Gasteiger partial charge in [-0.1, -0.05) is 30.3 Å². The molecule has 21 heavy (non-hydrogen) atoms. The van der Waals surface area contributed by atoms with Crippen LogP contribution in [0.25, 0.3) is 0 Å². The van der Waals surface area contributed by atoms with E-state index in [2.05, 4.69) is 5.32 Å². The molecule has 1 unspecified atom stereocenters. The zero-order valence-corrected chi connectivity index (χ0v) is 11.4. The summed E-state index contributed by atoms with van der Waals surface area (Å²) in [5.41, 5.74) is 1.65. The van der Waals surface area contributed by atoms with E-state index in [1.54, 1.807) is 43.3 Å². The van der Waals surface area contributed by atoms with Crippen molar-refractivity contribution in [2.75, 3.05) is 5.32 Å². The first-order valence-electron chi connectivity index (χ1n) is 6.37. The molecule has 0 aliphatic rings. The van der Waals surface area contributed by atoms with Crippen LogP contribution in [0.2, 0.25) is 0 Å². The highest BCUT2D eigenvalue weighted by Crippen LogP contribution is 2.18. The Morgan fingerprint density at radius 2 is 1.76 bits per heavy atom. The Hall–Kier alpha value is -2.66. The van der Waals surface area contributed by atoms with Crippen molar-refractivity contribution in [2.45, 2.75) is 13.0 Å². The van der Waals surface area contributed by atoms with E-state index in [1.807, 2.05) is 0 Å². The zero-order valence-electron chi connectivity index (χ0n) is 11.4. The maximum Gasteiger partial charge on any atom is 0.335 e. The van der Waals surface area contributed by atoms with Gasteiger partial charge in [-0.15, -0.1) is 0 Å². The van der Waals surface area contributed by atoms with Crippen LogP contribution in [0, 0.1) is 6.92 Å². The van der Waals surface area contributed by atoms with E-state index in [4.69, 9.17) is 5.11 Å². The largest absolute Gasteiger partial charge is 0.478 e. The fraction of sp³-hybridized carbons (Fsp3) is 0.125. The molecule has 0 heterocycles. The summed E-state index contributed by atoms with van der Waals surface area (Å²) < 4.78 is 0. The third-order valence-electron chi connectivity index (χ3n) is 3.09. The molecule has 0 aliphatic carbocycles. The van der Waals surface area contributed by atoms with Gasteiger partial charge < -0.3 is 15.5 Å². The second-order valence-electron chi connectivity index (χ2n) is 4.64. The lowest BCUT2D eigenvalue weighted by molar-refractivity contribution is -0.124. The van der Waals surface area contributed by atoms with Crippen molar-refractivity contribution in [2.24, 2.45) is 0 Å². The van der Waals surface area contributed by atoms with Crippen LogP contribution in [-0.4, -0.2) is 22.1 Å². The topological polar surface area (TPSA) is 86.6 Å². The van der Waals surface area contributed by atoms with Crippen LogP contribution >= 0.6 is 0 Å². The first-order valence-corrected chi connectivity index (χ1v) is 6.37. The number of amides is 1. The average Bonchev–Trinajstić information content (AvgIpc) is 2.47. The molecule has 2 aromatic carbocycles. The summed E-state index contributed by atoms with van der Waals surface area (Å²) in [7, 11) is 0. The number of carboxylic acid groups (broad SMARTS) is 1. The summed E-state index contributed by atoms with van der Waals surface area (Å²) in [5, 5.41) is 21.5. The quantitative estimate of drug-likeness (QED) is 0.805. The summed E-state index contributed by atoms with van der Waals surface area (Å²) >= 11 is 0. The van der Waals surface area contributed by atoms with Gasteiger partial charge in [0.15, 0.2) is 6.10 Å².